The van der Waals surface area contributed by atoms with E-state index in [-0.39, 0.29) is 23.7 Å². The van der Waals surface area contributed by atoms with Crippen molar-refractivity contribution < 1.29 is 24.9 Å². The summed E-state index contributed by atoms with van der Waals surface area (Å²) >= 11 is 1.52. The zero-order valence-electron chi connectivity index (χ0n) is 12.5. The van der Waals surface area contributed by atoms with E-state index in [0.29, 0.717) is 17.9 Å². The maximum Gasteiger partial charge on any atom is 0.332 e. The SMILES string of the molecule is CC(C)C(C(=O)O)=C(C(=O)O)C(C)(C)CCSCCO. The Balaban J connectivity index is 5.39. The van der Waals surface area contributed by atoms with Crippen LogP contribution in [0.1, 0.15) is 34.1 Å². The lowest BCUT2D eigenvalue weighted by atomic mass is 9.77. The number of carbonyl (C=O) groups is 2. The van der Waals surface area contributed by atoms with Gasteiger partial charge in [0.15, 0.2) is 0 Å². The number of carboxylic acids is 2. The van der Waals surface area contributed by atoms with Gasteiger partial charge in [-0.15, -0.1) is 0 Å². The molecule has 0 amide bonds. The standard InChI is InChI=1S/C14H24O5S/c1-9(2)10(12(16)17)11(13(18)19)14(3,4)5-7-20-8-6-15/h9,15H,5-8H2,1-4H3,(H,16,17)(H,18,19). The van der Waals surface area contributed by atoms with Gasteiger partial charge in [0.25, 0.3) is 0 Å². The highest BCUT2D eigenvalue weighted by Gasteiger charge is 2.34. The molecular formula is C14H24O5S. The number of thioether (sulfide) groups is 1. The zero-order valence-corrected chi connectivity index (χ0v) is 13.3. The van der Waals surface area contributed by atoms with E-state index in [1.165, 1.54) is 11.8 Å². The fraction of sp³-hybridized carbons (Fsp3) is 0.714. The highest BCUT2D eigenvalue weighted by atomic mass is 32.2. The second-order valence-electron chi connectivity index (χ2n) is 5.52. The first kappa shape index (κ1) is 19.0. The summed E-state index contributed by atoms with van der Waals surface area (Å²) in [5.41, 5.74) is -0.786. The summed E-state index contributed by atoms with van der Waals surface area (Å²) in [6.07, 6.45) is 0.544. The normalized spacial score (nSPS) is 13.3. The van der Waals surface area contributed by atoms with Gasteiger partial charge in [0.2, 0.25) is 0 Å². The van der Waals surface area contributed by atoms with E-state index in [0.717, 1.165) is 0 Å². The number of hydrogen-bond donors (Lipinski definition) is 3. The number of hydrogen-bond acceptors (Lipinski definition) is 4. The van der Waals surface area contributed by atoms with Crippen molar-refractivity contribution >= 4 is 23.7 Å². The van der Waals surface area contributed by atoms with Crippen LogP contribution in [-0.4, -0.2) is 45.4 Å². The highest BCUT2D eigenvalue weighted by molar-refractivity contribution is 7.99. The second kappa shape index (κ2) is 8.32. The first-order valence-electron chi connectivity index (χ1n) is 6.55. The van der Waals surface area contributed by atoms with Crippen LogP contribution in [-0.2, 0) is 9.59 Å². The lowest BCUT2D eigenvalue weighted by molar-refractivity contribution is -0.137. The Labute approximate surface area is 124 Å². The minimum atomic E-state index is -1.17. The van der Waals surface area contributed by atoms with Crippen molar-refractivity contribution in [3.63, 3.8) is 0 Å². The average Bonchev–Trinajstić information content (AvgIpc) is 2.29. The maximum absolute atomic E-state index is 11.5. The molecule has 0 aromatic rings. The Kier molecular flexibility index (Phi) is 7.90. The predicted molar refractivity (Wildman–Crippen MR) is 79.9 cm³/mol. The zero-order chi connectivity index (χ0) is 15.9. The van der Waals surface area contributed by atoms with Crippen molar-refractivity contribution in [1.29, 1.82) is 0 Å². The molecule has 0 aliphatic carbocycles. The van der Waals surface area contributed by atoms with Crippen molar-refractivity contribution in [2.75, 3.05) is 18.1 Å². The Morgan fingerprint density at radius 1 is 1.10 bits per heavy atom. The fourth-order valence-electron chi connectivity index (χ4n) is 2.03. The summed E-state index contributed by atoms with van der Waals surface area (Å²) in [4.78, 5) is 22.9. The molecule has 0 radical (unpaired) electrons. The van der Waals surface area contributed by atoms with E-state index in [4.69, 9.17) is 5.11 Å². The van der Waals surface area contributed by atoms with Gasteiger partial charge in [0, 0.05) is 5.75 Å². The maximum atomic E-state index is 11.5. The summed E-state index contributed by atoms with van der Waals surface area (Å²) in [5.74, 6) is -1.43. The molecule has 0 aromatic carbocycles. The topological polar surface area (TPSA) is 94.8 Å². The largest absolute Gasteiger partial charge is 0.478 e. The quantitative estimate of drug-likeness (QED) is 0.447. The summed E-state index contributed by atoms with van der Waals surface area (Å²) in [6.45, 7) is 6.95. The minimum Gasteiger partial charge on any atom is -0.478 e. The van der Waals surface area contributed by atoms with Gasteiger partial charge >= 0.3 is 11.9 Å². The van der Waals surface area contributed by atoms with Gasteiger partial charge in [-0.3, -0.25) is 0 Å². The van der Waals surface area contributed by atoms with Gasteiger partial charge in [-0.05, 0) is 23.5 Å². The molecule has 3 N–H and O–H groups in total. The van der Waals surface area contributed by atoms with E-state index < -0.39 is 17.4 Å². The van der Waals surface area contributed by atoms with Crippen LogP contribution in [0, 0.1) is 11.3 Å². The molecule has 0 heterocycles. The summed E-state index contributed by atoms with van der Waals surface area (Å²) in [5, 5.41) is 27.4. The second-order valence-corrected chi connectivity index (χ2v) is 6.75. The van der Waals surface area contributed by atoms with Gasteiger partial charge in [-0.2, -0.15) is 11.8 Å². The number of rotatable bonds is 9. The summed E-state index contributed by atoms with van der Waals surface area (Å²) < 4.78 is 0. The molecule has 116 valence electrons. The van der Waals surface area contributed by atoms with Crippen LogP contribution in [0.25, 0.3) is 0 Å². The molecular weight excluding hydrogens is 280 g/mol. The van der Waals surface area contributed by atoms with Crippen molar-refractivity contribution in [3.05, 3.63) is 11.1 Å². The van der Waals surface area contributed by atoms with E-state index in [2.05, 4.69) is 0 Å². The van der Waals surface area contributed by atoms with E-state index in [1.807, 2.05) is 0 Å². The Morgan fingerprint density at radius 3 is 2.00 bits per heavy atom. The first-order valence-corrected chi connectivity index (χ1v) is 7.70. The van der Waals surface area contributed by atoms with Crippen LogP contribution in [0.2, 0.25) is 0 Å². The van der Waals surface area contributed by atoms with Crippen molar-refractivity contribution in [3.8, 4) is 0 Å². The molecule has 0 aromatic heterocycles. The van der Waals surface area contributed by atoms with Gasteiger partial charge in [0.05, 0.1) is 17.8 Å². The van der Waals surface area contributed by atoms with Crippen LogP contribution < -0.4 is 0 Å². The van der Waals surface area contributed by atoms with E-state index in [9.17, 15) is 19.8 Å². The molecule has 5 nitrogen and oxygen atoms in total. The fourth-order valence-corrected chi connectivity index (χ4v) is 3.02. The average molecular weight is 304 g/mol. The molecule has 0 rings (SSSR count). The highest BCUT2D eigenvalue weighted by Crippen LogP contribution is 2.36. The number of aliphatic hydroxyl groups is 1. The number of aliphatic hydroxyl groups excluding tert-OH is 1. The molecule has 0 fully saturated rings. The third kappa shape index (κ3) is 5.54. The van der Waals surface area contributed by atoms with Crippen LogP contribution in [0.3, 0.4) is 0 Å². The summed E-state index contributed by atoms with van der Waals surface area (Å²) in [6, 6.07) is 0. The van der Waals surface area contributed by atoms with Crippen molar-refractivity contribution in [2.24, 2.45) is 11.3 Å². The molecule has 0 aliphatic heterocycles. The van der Waals surface area contributed by atoms with E-state index >= 15 is 0 Å². The van der Waals surface area contributed by atoms with Gasteiger partial charge < -0.3 is 15.3 Å². The molecule has 0 atom stereocenters. The van der Waals surface area contributed by atoms with Crippen molar-refractivity contribution in [1.82, 2.24) is 0 Å². The monoisotopic (exact) mass is 304 g/mol. The molecule has 20 heavy (non-hydrogen) atoms. The third-order valence-electron chi connectivity index (χ3n) is 3.07. The van der Waals surface area contributed by atoms with E-state index in [1.54, 1.807) is 27.7 Å². The summed E-state index contributed by atoms with van der Waals surface area (Å²) in [7, 11) is 0. The molecule has 0 aliphatic rings. The number of carboxylic acid groups (broad SMARTS) is 2. The van der Waals surface area contributed by atoms with Crippen LogP contribution in [0.4, 0.5) is 0 Å². The Morgan fingerprint density at radius 2 is 1.65 bits per heavy atom. The van der Waals surface area contributed by atoms with Crippen molar-refractivity contribution in [2.45, 2.75) is 34.1 Å². The molecule has 0 saturated heterocycles. The van der Waals surface area contributed by atoms with Crippen LogP contribution >= 0.6 is 11.8 Å². The Bertz CT molecular complexity index is 385. The van der Waals surface area contributed by atoms with Crippen LogP contribution in [0.5, 0.6) is 0 Å². The predicted octanol–water partition coefficient (Wildman–Crippen LogP) is 2.25. The number of aliphatic carboxylic acids is 2. The molecule has 6 heteroatoms. The van der Waals surface area contributed by atoms with Crippen LogP contribution in [0.15, 0.2) is 11.1 Å². The molecule has 0 bridgehead atoms. The van der Waals surface area contributed by atoms with Gasteiger partial charge in [-0.25, -0.2) is 9.59 Å². The molecule has 0 spiro atoms. The van der Waals surface area contributed by atoms with Gasteiger partial charge in [0.1, 0.15) is 0 Å². The lowest BCUT2D eigenvalue weighted by Crippen LogP contribution is -2.28. The lowest BCUT2D eigenvalue weighted by Gasteiger charge is -2.28. The molecule has 0 saturated carbocycles. The first-order chi connectivity index (χ1) is 9.15. The minimum absolute atomic E-state index is 0.0235. The molecule has 0 unspecified atom stereocenters. The third-order valence-corrected chi connectivity index (χ3v) is 4.04. The van der Waals surface area contributed by atoms with Gasteiger partial charge in [-0.1, -0.05) is 27.7 Å². The smallest absolute Gasteiger partial charge is 0.332 e. The Hall–Kier alpha value is -1.01.